The number of carbonyl (C=O) groups excluding carboxylic acids is 2. The van der Waals surface area contributed by atoms with Crippen molar-refractivity contribution in [1.82, 2.24) is 0 Å². The largest absolute Gasteiger partial charge is 0.462 e. The monoisotopic (exact) mass is 907 g/mol. The Hall–Kier alpha value is -1.50. The Morgan fingerprint density at radius 2 is 0.810 bits per heavy atom. The van der Waals surface area contributed by atoms with E-state index in [1.807, 2.05) is 0 Å². The van der Waals surface area contributed by atoms with Crippen LogP contribution in [0.1, 0.15) is 200 Å². The molecule has 2 aliphatic rings. The van der Waals surface area contributed by atoms with Gasteiger partial charge in [-0.1, -0.05) is 174 Å². The molecule has 0 aromatic rings. The molecule has 2 saturated heterocycles. The number of rotatable bonds is 39. The normalized spacial score (nSPS) is 26.7. The van der Waals surface area contributed by atoms with Gasteiger partial charge in [0.2, 0.25) is 0 Å². The lowest BCUT2D eigenvalue weighted by Crippen LogP contribution is -2.61. The van der Waals surface area contributed by atoms with Crippen molar-refractivity contribution in [2.45, 2.75) is 268 Å². The average molecular weight is 907 g/mol. The molecule has 0 saturated carbocycles. The Morgan fingerprint density at radius 1 is 0.444 bits per heavy atom. The van der Waals surface area contributed by atoms with Crippen molar-refractivity contribution in [3.63, 3.8) is 0 Å². The first kappa shape index (κ1) is 57.6. The van der Waals surface area contributed by atoms with E-state index in [9.17, 15) is 45.3 Å². The van der Waals surface area contributed by atoms with Crippen molar-refractivity contribution in [1.29, 1.82) is 0 Å². The van der Waals surface area contributed by atoms with Crippen LogP contribution in [0.2, 0.25) is 0 Å². The van der Waals surface area contributed by atoms with Crippen LogP contribution in [0.3, 0.4) is 0 Å². The van der Waals surface area contributed by atoms with Crippen LogP contribution in [-0.2, 0) is 38.0 Å². The minimum atomic E-state index is -1.76. The van der Waals surface area contributed by atoms with E-state index < -0.39 is 92.7 Å². The van der Waals surface area contributed by atoms with Gasteiger partial charge in [-0.05, 0) is 12.8 Å². The minimum absolute atomic E-state index is 0.173. The molecule has 0 amide bonds. The number of aliphatic hydroxyl groups is 7. The number of hydrogen-bond acceptors (Lipinski definition) is 15. The fourth-order valence-corrected chi connectivity index (χ4v) is 8.16. The summed E-state index contributed by atoms with van der Waals surface area (Å²) < 4.78 is 33.5. The SMILES string of the molecule is CCCCCCCCCCCCCCCCCC(=O)O[C@H](COC(=O)CCCCCCCCCCCCCC)CO[C@@H]1O[C@H](CO[C@H]2O[C@H](CO)[C@H](O)[C@H](O)[C@H]2O)[C@H](O)[C@H](O)[C@H]1O. The molecule has 0 aromatic heterocycles. The Kier molecular flexibility index (Phi) is 33.5. The number of unbranched alkanes of at least 4 members (excludes halogenated alkanes) is 25. The fourth-order valence-electron chi connectivity index (χ4n) is 8.16. The van der Waals surface area contributed by atoms with E-state index >= 15 is 0 Å². The van der Waals surface area contributed by atoms with E-state index in [4.69, 9.17) is 28.4 Å². The number of esters is 2. The van der Waals surface area contributed by atoms with Gasteiger partial charge in [0, 0.05) is 12.8 Å². The highest BCUT2D eigenvalue weighted by Gasteiger charge is 2.47. The second-order valence-electron chi connectivity index (χ2n) is 18.0. The molecule has 0 aliphatic carbocycles. The van der Waals surface area contributed by atoms with Gasteiger partial charge in [-0.2, -0.15) is 0 Å². The van der Waals surface area contributed by atoms with Crippen molar-refractivity contribution in [2.24, 2.45) is 0 Å². The van der Waals surface area contributed by atoms with Gasteiger partial charge in [-0.15, -0.1) is 0 Å². The second-order valence-corrected chi connectivity index (χ2v) is 18.0. The second kappa shape index (κ2) is 36.6. The van der Waals surface area contributed by atoms with Crippen molar-refractivity contribution < 1.29 is 73.8 Å². The third kappa shape index (κ3) is 25.3. The first-order valence-corrected chi connectivity index (χ1v) is 25.1. The molecular formula is C48H90O15. The molecule has 11 atom stereocenters. The van der Waals surface area contributed by atoms with E-state index in [1.165, 1.54) is 122 Å². The Labute approximate surface area is 378 Å². The Bertz CT molecular complexity index is 1110. The molecule has 7 N–H and O–H groups in total. The van der Waals surface area contributed by atoms with E-state index in [1.54, 1.807) is 0 Å². The maximum atomic E-state index is 13.0. The molecule has 0 unspecified atom stereocenters. The molecule has 0 spiro atoms. The molecule has 0 radical (unpaired) electrons. The molecule has 2 rings (SSSR count). The van der Waals surface area contributed by atoms with Gasteiger partial charge in [-0.25, -0.2) is 0 Å². The molecule has 0 aromatic carbocycles. The molecule has 63 heavy (non-hydrogen) atoms. The third-order valence-corrected chi connectivity index (χ3v) is 12.3. The fraction of sp³-hybridized carbons (Fsp3) is 0.958. The average Bonchev–Trinajstić information content (AvgIpc) is 3.28. The summed E-state index contributed by atoms with van der Waals surface area (Å²) in [5.41, 5.74) is 0. The highest BCUT2D eigenvalue weighted by atomic mass is 16.7. The highest BCUT2D eigenvalue weighted by molar-refractivity contribution is 5.70. The molecular weight excluding hydrogens is 817 g/mol. The summed E-state index contributed by atoms with van der Waals surface area (Å²) in [7, 11) is 0. The van der Waals surface area contributed by atoms with Gasteiger partial charge in [0.1, 0.15) is 55.4 Å². The number of carbonyl (C=O) groups is 2. The lowest BCUT2D eigenvalue weighted by atomic mass is 9.98. The van der Waals surface area contributed by atoms with Crippen molar-refractivity contribution in [3.05, 3.63) is 0 Å². The summed E-state index contributed by atoms with van der Waals surface area (Å²) in [4.78, 5) is 25.7. The van der Waals surface area contributed by atoms with E-state index in [0.717, 1.165) is 38.5 Å². The Morgan fingerprint density at radius 3 is 1.24 bits per heavy atom. The first-order valence-electron chi connectivity index (χ1n) is 25.1. The number of hydrogen-bond donors (Lipinski definition) is 7. The predicted molar refractivity (Wildman–Crippen MR) is 238 cm³/mol. The van der Waals surface area contributed by atoms with Gasteiger partial charge in [0.15, 0.2) is 18.7 Å². The summed E-state index contributed by atoms with van der Waals surface area (Å²) in [6.07, 6.45) is 15.6. The lowest BCUT2D eigenvalue weighted by Gasteiger charge is -2.42. The lowest BCUT2D eigenvalue weighted by molar-refractivity contribution is -0.332. The van der Waals surface area contributed by atoms with Crippen LogP contribution < -0.4 is 0 Å². The predicted octanol–water partition coefficient (Wildman–Crippen LogP) is 6.43. The zero-order valence-corrected chi connectivity index (χ0v) is 39.1. The molecule has 2 fully saturated rings. The van der Waals surface area contributed by atoms with Crippen molar-refractivity contribution >= 4 is 11.9 Å². The van der Waals surface area contributed by atoms with Gasteiger partial charge >= 0.3 is 11.9 Å². The van der Waals surface area contributed by atoms with E-state index in [2.05, 4.69) is 13.8 Å². The first-order chi connectivity index (χ1) is 30.5. The van der Waals surface area contributed by atoms with Crippen LogP contribution in [0, 0.1) is 0 Å². The maximum absolute atomic E-state index is 13.0. The molecule has 0 bridgehead atoms. The highest BCUT2D eigenvalue weighted by Crippen LogP contribution is 2.26. The van der Waals surface area contributed by atoms with Crippen LogP contribution in [0.5, 0.6) is 0 Å². The summed E-state index contributed by atoms with van der Waals surface area (Å²) in [5.74, 6) is -0.912. The van der Waals surface area contributed by atoms with Gasteiger partial charge in [-0.3, -0.25) is 9.59 Å². The molecule has 15 heteroatoms. The third-order valence-electron chi connectivity index (χ3n) is 12.3. The summed E-state index contributed by atoms with van der Waals surface area (Å²) in [5, 5.41) is 72.0. The molecule has 15 nitrogen and oxygen atoms in total. The summed E-state index contributed by atoms with van der Waals surface area (Å²) >= 11 is 0. The van der Waals surface area contributed by atoms with E-state index in [-0.39, 0.29) is 26.1 Å². The topological polar surface area (TPSA) is 231 Å². The standard InChI is InChI=1S/C48H90O15/c1-3-5-7-9-11-13-15-17-18-19-21-23-25-27-29-31-40(51)61-36(33-58-39(50)30-28-26-24-22-20-16-14-12-10-8-6-4-2)34-59-47-46(57)44(55)42(53)38(63-47)35-60-48-45(56)43(54)41(52)37(32-49)62-48/h36-38,41-49,52-57H,3-35H2,1-2H3/t36-,37-,38-,41+,42+,43+,44+,45-,46-,47-,48+/m1/s1. The van der Waals surface area contributed by atoms with Crippen LogP contribution in [0.15, 0.2) is 0 Å². The molecule has 372 valence electrons. The molecule has 2 heterocycles. The quantitative estimate of drug-likeness (QED) is 0.0260. The van der Waals surface area contributed by atoms with Crippen LogP contribution >= 0.6 is 0 Å². The van der Waals surface area contributed by atoms with Crippen molar-refractivity contribution in [3.8, 4) is 0 Å². The van der Waals surface area contributed by atoms with Gasteiger partial charge < -0.3 is 64.2 Å². The van der Waals surface area contributed by atoms with Crippen LogP contribution in [0.25, 0.3) is 0 Å². The summed E-state index contributed by atoms with van der Waals surface area (Å²) in [6, 6.07) is 0. The maximum Gasteiger partial charge on any atom is 0.306 e. The molecule has 2 aliphatic heterocycles. The van der Waals surface area contributed by atoms with Gasteiger partial charge in [0.05, 0.1) is 19.8 Å². The Balaban J connectivity index is 1.82. The number of ether oxygens (including phenoxy) is 6. The number of aliphatic hydroxyl groups excluding tert-OH is 7. The van der Waals surface area contributed by atoms with Crippen LogP contribution in [0.4, 0.5) is 0 Å². The smallest absolute Gasteiger partial charge is 0.306 e. The zero-order valence-electron chi connectivity index (χ0n) is 39.1. The zero-order chi connectivity index (χ0) is 46.1. The summed E-state index contributed by atoms with van der Waals surface area (Å²) in [6.45, 7) is 2.61. The van der Waals surface area contributed by atoms with Crippen LogP contribution in [-0.4, -0.2) is 142 Å². The van der Waals surface area contributed by atoms with Gasteiger partial charge in [0.25, 0.3) is 0 Å². The van der Waals surface area contributed by atoms with Crippen molar-refractivity contribution in [2.75, 3.05) is 26.4 Å². The minimum Gasteiger partial charge on any atom is -0.462 e. The van der Waals surface area contributed by atoms with E-state index in [0.29, 0.717) is 12.8 Å².